The fourth-order valence-electron chi connectivity index (χ4n) is 4.24. The normalized spacial score (nSPS) is 18.5. The first-order valence-electron chi connectivity index (χ1n) is 10.2. The van der Waals surface area contributed by atoms with Crippen LogP contribution in [0.4, 0.5) is 0 Å². The zero-order chi connectivity index (χ0) is 23.7. The van der Waals surface area contributed by atoms with Crippen LogP contribution in [0.2, 0.25) is 0 Å². The van der Waals surface area contributed by atoms with E-state index < -0.39 is 6.04 Å². The van der Waals surface area contributed by atoms with Gasteiger partial charge in [0.05, 0.1) is 41.1 Å². The number of hydrogen-bond acceptors (Lipinski definition) is 8. The molecule has 0 aliphatic carbocycles. The van der Waals surface area contributed by atoms with E-state index in [-0.39, 0.29) is 23.7 Å². The Morgan fingerprint density at radius 1 is 0.970 bits per heavy atom. The summed E-state index contributed by atoms with van der Waals surface area (Å²) in [6.07, 6.45) is 0. The molecule has 33 heavy (non-hydrogen) atoms. The molecule has 10 heteroatoms. The summed E-state index contributed by atoms with van der Waals surface area (Å²) in [4.78, 5) is 28.0. The van der Waals surface area contributed by atoms with E-state index in [9.17, 15) is 9.59 Å². The molecule has 0 bridgehead atoms. The topological polar surface area (TPSA) is 95.6 Å². The summed E-state index contributed by atoms with van der Waals surface area (Å²) in [7, 11) is 7.64. The van der Waals surface area contributed by atoms with E-state index in [0.29, 0.717) is 40.1 Å². The van der Waals surface area contributed by atoms with Crippen LogP contribution < -0.4 is 29.0 Å². The van der Waals surface area contributed by atoms with Crippen LogP contribution in [0.15, 0.2) is 24.3 Å². The molecule has 2 aromatic rings. The van der Waals surface area contributed by atoms with Gasteiger partial charge in [0.25, 0.3) is 5.91 Å². The van der Waals surface area contributed by atoms with Gasteiger partial charge in [0, 0.05) is 17.9 Å². The number of amides is 2. The Labute approximate surface area is 196 Å². The third-order valence-electron chi connectivity index (χ3n) is 5.79. The lowest BCUT2D eigenvalue weighted by molar-refractivity contribution is -0.124. The van der Waals surface area contributed by atoms with Gasteiger partial charge in [-0.3, -0.25) is 9.59 Å². The van der Waals surface area contributed by atoms with Crippen molar-refractivity contribution in [3.8, 4) is 28.7 Å². The predicted octanol–water partition coefficient (Wildman–Crippen LogP) is 2.62. The Kier molecular flexibility index (Phi) is 6.46. The Hall–Kier alpha value is -3.27. The molecule has 2 amide bonds. The number of fused-ring (bicyclic) bond motifs is 3. The van der Waals surface area contributed by atoms with E-state index >= 15 is 0 Å². The molecule has 1 fully saturated rings. The number of carbonyl (C=O) groups excluding carboxylic acids is 2. The van der Waals surface area contributed by atoms with Crippen LogP contribution in [-0.4, -0.2) is 64.1 Å². The summed E-state index contributed by atoms with van der Waals surface area (Å²) in [5.41, 5.74) is 2.07. The van der Waals surface area contributed by atoms with Crippen molar-refractivity contribution in [2.45, 2.75) is 18.0 Å². The van der Waals surface area contributed by atoms with E-state index in [0.717, 1.165) is 11.1 Å². The molecular weight excluding hydrogens is 448 g/mol. The lowest BCUT2D eigenvalue weighted by Gasteiger charge is -2.23. The number of hydrogen-bond donors (Lipinski definition) is 1. The highest BCUT2D eigenvalue weighted by Gasteiger charge is 2.50. The quantitative estimate of drug-likeness (QED) is 0.624. The summed E-state index contributed by atoms with van der Waals surface area (Å²) in [6, 6.07) is 6.61. The predicted molar refractivity (Wildman–Crippen MR) is 123 cm³/mol. The van der Waals surface area contributed by atoms with Crippen molar-refractivity contribution in [1.29, 1.82) is 0 Å². The van der Waals surface area contributed by atoms with Crippen LogP contribution >= 0.6 is 11.8 Å². The van der Waals surface area contributed by atoms with Crippen molar-refractivity contribution in [2.24, 2.45) is 0 Å². The van der Waals surface area contributed by atoms with Gasteiger partial charge in [-0.1, -0.05) is 6.07 Å². The van der Waals surface area contributed by atoms with Gasteiger partial charge in [-0.15, -0.1) is 11.8 Å². The molecular formula is C23H26N2O7S. The van der Waals surface area contributed by atoms with Crippen molar-refractivity contribution in [1.82, 2.24) is 10.2 Å². The van der Waals surface area contributed by atoms with Crippen LogP contribution in [0.3, 0.4) is 0 Å². The summed E-state index contributed by atoms with van der Waals surface area (Å²) in [5.74, 6) is 2.41. The SMILES string of the molecule is COc1cc(CNC(=O)C2CSC3c4ccc(OC)c(OC)c4C(=O)N23)cc(OC)c1OC. The van der Waals surface area contributed by atoms with E-state index in [1.54, 1.807) is 34.9 Å². The van der Waals surface area contributed by atoms with E-state index in [1.165, 1.54) is 35.5 Å². The molecule has 2 aliphatic heterocycles. The molecule has 176 valence electrons. The minimum Gasteiger partial charge on any atom is -0.493 e. The largest absolute Gasteiger partial charge is 0.493 e. The van der Waals surface area contributed by atoms with Crippen molar-refractivity contribution in [2.75, 3.05) is 41.3 Å². The van der Waals surface area contributed by atoms with E-state index in [1.807, 2.05) is 6.07 Å². The summed E-state index contributed by atoms with van der Waals surface area (Å²) >= 11 is 1.56. The summed E-state index contributed by atoms with van der Waals surface area (Å²) in [6.45, 7) is 0.244. The van der Waals surface area contributed by atoms with Crippen molar-refractivity contribution in [3.63, 3.8) is 0 Å². The Morgan fingerprint density at radius 3 is 2.18 bits per heavy atom. The fourth-order valence-corrected chi connectivity index (χ4v) is 5.69. The molecule has 0 aromatic heterocycles. The Bertz CT molecular complexity index is 1070. The highest BCUT2D eigenvalue weighted by atomic mass is 32.2. The minimum atomic E-state index is -0.599. The van der Waals surface area contributed by atoms with Gasteiger partial charge < -0.3 is 33.9 Å². The van der Waals surface area contributed by atoms with Gasteiger partial charge in [-0.05, 0) is 23.8 Å². The number of rotatable bonds is 8. The molecule has 2 aromatic carbocycles. The Balaban J connectivity index is 1.53. The van der Waals surface area contributed by atoms with Gasteiger partial charge in [0.2, 0.25) is 11.7 Å². The second-order valence-corrected chi connectivity index (χ2v) is 8.54. The molecule has 0 saturated carbocycles. The van der Waals surface area contributed by atoms with Crippen LogP contribution in [0.5, 0.6) is 28.7 Å². The molecule has 0 spiro atoms. The van der Waals surface area contributed by atoms with Gasteiger partial charge >= 0.3 is 0 Å². The number of thioether (sulfide) groups is 1. The average molecular weight is 475 g/mol. The van der Waals surface area contributed by atoms with Crippen molar-refractivity contribution in [3.05, 3.63) is 41.0 Å². The van der Waals surface area contributed by atoms with Crippen LogP contribution in [-0.2, 0) is 11.3 Å². The number of carbonyl (C=O) groups is 2. The summed E-state index contributed by atoms with van der Waals surface area (Å²) < 4.78 is 26.9. The zero-order valence-corrected chi connectivity index (χ0v) is 19.9. The van der Waals surface area contributed by atoms with Gasteiger partial charge in [0.1, 0.15) is 11.4 Å². The van der Waals surface area contributed by atoms with Gasteiger partial charge in [-0.2, -0.15) is 0 Å². The maximum Gasteiger partial charge on any atom is 0.260 e. The standard InChI is InChI=1S/C23H26N2O7S/c1-28-15-7-6-13-18(20(15)32-5)22(27)25-14(11-33-23(13)25)21(26)24-10-12-8-16(29-2)19(31-4)17(9-12)30-3/h6-9,14,23H,10-11H2,1-5H3,(H,24,26). The molecule has 2 aliphatic rings. The zero-order valence-electron chi connectivity index (χ0n) is 19.1. The molecule has 1 N–H and O–H groups in total. The maximum absolute atomic E-state index is 13.3. The molecule has 1 saturated heterocycles. The molecule has 2 atom stereocenters. The number of nitrogens with zero attached hydrogens (tertiary/aromatic N) is 1. The van der Waals surface area contributed by atoms with Crippen LogP contribution in [0.1, 0.15) is 26.9 Å². The average Bonchev–Trinajstić information content (AvgIpc) is 3.40. The van der Waals surface area contributed by atoms with Crippen molar-refractivity contribution >= 4 is 23.6 Å². The third-order valence-corrected chi connectivity index (χ3v) is 7.09. The second kappa shape index (κ2) is 9.30. The maximum atomic E-state index is 13.3. The van der Waals surface area contributed by atoms with Crippen molar-refractivity contribution < 1.29 is 33.3 Å². The molecule has 2 unspecified atom stereocenters. The fraction of sp³-hybridized carbons (Fsp3) is 0.391. The number of nitrogens with one attached hydrogen (secondary N) is 1. The lowest BCUT2D eigenvalue weighted by Crippen LogP contribution is -2.45. The first-order valence-corrected chi connectivity index (χ1v) is 11.3. The Morgan fingerprint density at radius 2 is 1.61 bits per heavy atom. The third kappa shape index (κ3) is 3.78. The molecule has 9 nitrogen and oxygen atoms in total. The molecule has 0 radical (unpaired) electrons. The lowest BCUT2D eigenvalue weighted by atomic mass is 10.1. The summed E-state index contributed by atoms with van der Waals surface area (Å²) in [5, 5.41) is 2.71. The number of benzene rings is 2. The molecule has 2 heterocycles. The van der Waals surface area contributed by atoms with E-state index in [2.05, 4.69) is 5.32 Å². The number of ether oxygens (including phenoxy) is 5. The monoisotopic (exact) mass is 474 g/mol. The van der Waals surface area contributed by atoms with E-state index in [4.69, 9.17) is 23.7 Å². The van der Waals surface area contributed by atoms with Gasteiger partial charge in [0.15, 0.2) is 23.0 Å². The highest BCUT2D eigenvalue weighted by Crippen LogP contribution is 2.52. The highest BCUT2D eigenvalue weighted by molar-refractivity contribution is 7.99. The first kappa shape index (κ1) is 22.9. The molecule has 4 rings (SSSR count). The number of methoxy groups -OCH3 is 5. The van der Waals surface area contributed by atoms with Crippen LogP contribution in [0.25, 0.3) is 0 Å². The minimum absolute atomic E-state index is 0.231. The first-order chi connectivity index (χ1) is 16.0. The smallest absolute Gasteiger partial charge is 0.260 e. The van der Waals surface area contributed by atoms with Crippen LogP contribution in [0, 0.1) is 0 Å². The van der Waals surface area contributed by atoms with Gasteiger partial charge in [-0.25, -0.2) is 0 Å². The second-order valence-electron chi connectivity index (χ2n) is 7.43.